The molecule has 0 heterocycles. The lowest BCUT2D eigenvalue weighted by Crippen LogP contribution is -1.98. The van der Waals surface area contributed by atoms with Crippen molar-refractivity contribution in [3.8, 4) is 0 Å². The van der Waals surface area contributed by atoms with Crippen LogP contribution in [-0.4, -0.2) is 19.1 Å². The molecule has 0 radical (unpaired) electrons. The lowest BCUT2D eigenvalue weighted by atomic mass is 10.1. The smallest absolute Gasteiger partial charge is 0.399 e. The molecule has 6 heteroatoms. The van der Waals surface area contributed by atoms with Gasteiger partial charge in [0.25, 0.3) is 10.3 Å². The van der Waals surface area contributed by atoms with Gasteiger partial charge < -0.3 is 5.73 Å². The van der Waals surface area contributed by atoms with Crippen molar-refractivity contribution in [2.45, 2.75) is 32.1 Å². The molecule has 102 valence electrons. The summed E-state index contributed by atoms with van der Waals surface area (Å²) in [7, 11) is -2.90. The Morgan fingerprint density at radius 2 is 1.89 bits per heavy atom. The number of unbranched alkanes of at least 4 members (excludes halogenated alkanes) is 3. The molecule has 18 heavy (non-hydrogen) atoms. The molecule has 4 nitrogen and oxygen atoms in total. The van der Waals surface area contributed by atoms with Crippen LogP contribution in [0.3, 0.4) is 0 Å². The number of nitrogen functional groups attached to an aromatic ring is 1. The summed E-state index contributed by atoms with van der Waals surface area (Å²) in [6, 6.07) is 7.89. The van der Waals surface area contributed by atoms with Gasteiger partial charge in [0, 0.05) is 12.1 Å². The van der Waals surface area contributed by atoms with Crippen molar-refractivity contribution in [3.63, 3.8) is 0 Å². The summed E-state index contributed by atoms with van der Waals surface area (Å²) in [5.41, 5.74) is 7.74. The van der Waals surface area contributed by atoms with Gasteiger partial charge in [-0.25, -0.2) is 0 Å². The van der Waals surface area contributed by atoms with E-state index in [1.807, 2.05) is 18.2 Å². The van der Waals surface area contributed by atoms with Gasteiger partial charge in [0.2, 0.25) is 0 Å². The molecule has 0 aliphatic heterocycles. The van der Waals surface area contributed by atoms with Crippen LogP contribution in [0.2, 0.25) is 0 Å². The fourth-order valence-electron chi connectivity index (χ4n) is 1.70. The molecule has 0 aromatic heterocycles. The van der Waals surface area contributed by atoms with Crippen molar-refractivity contribution in [1.29, 1.82) is 0 Å². The van der Waals surface area contributed by atoms with Gasteiger partial charge in [0.05, 0.1) is 0 Å². The van der Waals surface area contributed by atoms with Crippen LogP contribution in [0.5, 0.6) is 0 Å². The standard InChI is InChI=1S/C12H19NO3S2/c13-12-8-5-7-11(10-12)6-3-1-2-4-9-17-18(14,15)16/h5,7-8,10H,1-4,6,9,13H2,(H-,14,15,16)/p+1. The van der Waals surface area contributed by atoms with Crippen LogP contribution in [-0.2, 0) is 25.8 Å². The van der Waals surface area contributed by atoms with Crippen molar-refractivity contribution in [3.05, 3.63) is 29.8 Å². The molecular formula is C12H20NO3S2+. The predicted molar refractivity (Wildman–Crippen MR) is 78.7 cm³/mol. The Morgan fingerprint density at radius 1 is 1.17 bits per heavy atom. The van der Waals surface area contributed by atoms with Gasteiger partial charge in [-0.1, -0.05) is 18.6 Å². The van der Waals surface area contributed by atoms with Crippen LogP contribution in [0.15, 0.2) is 24.3 Å². The molecule has 0 aliphatic carbocycles. The van der Waals surface area contributed by atoms with E-state index in [4.69, 9.17) is 14.8 Å². The average Bonchev–Trinajstić information content (AvgIpc) is 2.26. The number of nitrogens with two attached hydrogens (primary N) is 1. The minimum absolute atomic E-state index is 0.518. The third kappa shape index (κ3) is 7.60. The normalized spacial score (nSPS) is 11.4. The first-order chi connectivity index (χ1) is 8.47. The van der Waals surface area contributed by atoms with Crippen molar-refractivity contribution in [2.75, 3.05) is 11.5 Å². The van der Waals surface area contributed by atoms with Crippen molar-refractivity contribution in [2.24, 2.45) is 0 Å². The third-order valence-corrected chi connectivity index (χ3v) is 4.73. The predicted octanol–water partition coefficient (Wildman–Crippen LogP) is 2.60. The van der Waals surface area contributed by atoms with Gasteiger partial charge in [0.1, 0.15) is 0 Å². The highest BCUT2D eigenvalue weighted by molar-refractivity contribution is 8.34. The molecule has 0 fully saturated rings. The maximum Gasteiger partial charge on any atom is 0.430 e. The minimum atomic E-state index is -3.61. The fraction of sp³-hybridized carbons (Fsp3) is 0.500. The van der Waals surface area contributed by atoms with E-state index in [-0.39, 0.29) is 0 Å². The first kappa shape index (κ1) is 15.4. The van der Waals surface area contributed by atoms with Gasteiger partial charge in [-0.3, -0.25) is 9.11 Å². The van der Waals surface area contributed by atoms with E-state index in [0.717, 1.165) is 37.8 Å². The highest BCUT2D eigenvalue weighted by Gasteiger charge is 2.08. The zero-order chi connectivity index (χ0) is 13.4. The molecule has 1 rings (SSSR count). The number of hydrogen-bond acceptors (Lipinski definition) is 2. The summed E-state index contributed by atoms with van der Waals surface area (Å²) in [6.45, 7) is 0. The Bertz CT molecular complexity index is 474. The molecule has 0 amide bonds. The summed E-state index contributed by atoms with van der Waals surface area (Å²) in [6.07, 6.45) is 5.02. The lowest BCUT2D eigenvalue weighted by Gasteiger charge is -2.01. The SMILES string of the molecule is Nc1cccc(CCCCCC[S+]=S(=O)(O)O)c1. The topological polar surface area (TPSA) is 83.6 Å². The second-order valence-corrected chi connectivity index (χ2v) is 7.73. The maximum absolute atomic E-state index is 10.6. The Balaban J connectivity index is 2.11. The highest BCUT2D eigenvalue weighted by Crippen LogP contribution is 2.11. The molecular weight excluding hydrogens is 270 g/mol. The lowest BCUT2D eigenvalue weighted by molar-refractivity contribution is 0.450. The van der Waals surface area contributed by atoms with Crippen molar-refractivity contribution in [1.82, 2.24) is 0 Å². The van der Waals surface area contributed by atoms with Gasteiger partial charge in [0.15, 0.2) is 5.75 Å². The monoisotopic (exact) mass is 290 g/mol. The maximum atomic E-state index is 10.6. The number of rotatable bonds is 7. The summed E-state index contributed by atoms with van der Waals surface area (Å²) < 4.78 is 27.8. The van der Waals surface area contributed by atoms with Crippen LogP contribution >= 0.6 is 0 Å². The second kappa shape index (κ2) is 7.68. The molecule has 4 N–H and O–H groups in total. The fourth-order valence-corrected chi connectivity index (χ4v) is 3.24. The van der Waals surface area contributed by atoms with E-state index >= 15 is 0 Å². The summed E-state index contributed by atoms with van der Waals surface area (Å²) in [4.78, 5) is 0. The summed E-state index contributed by atoms with van der Waals surface area (Å²) in [5, 5.41) is 0. The molecule has 0 saturated heterocycles. The molecule has 1 aromatic rings. The molecule has 0 saturated carbocycles. The van der Waals surface area contributed by atoms with Crippen LogP contribution in [0.25, 0.3) is 0 Å². The summed E-state index contributed by atoms with van der Waals surface area (Å²) >= 11 is 0. The van der Waals surface area contributed by atoms with Crippen LogP contribution in [0.4, 0.5) is 5.69 Å². The Morgan fingerprint density at radius 3 is 2.56 bits per heavy atom. The van der Waals surface area contributed by atoms with Gasteiger partial charge in [-0.15, -0.1) is 0 Å². The first-order valence-corrected chi connectivity index (χ1v) is 8.93. The van der Waals surface area contributed by atoms with E-state index in [1.165, 1.54) is 5.56 Å². The molecule has 0 atom stereocenters. The van der Waals surface area contributed by atoms with Crippen molar-refractivity contribution < 1.29 is 13.3 Å². The first-order valence-electron chi connectivity index (χ1n) is 5.95. The van der Waals surface area contributed by atoms with E-state index in [0.29, 0.717) is 16.1 Å². The average molecular weight is 290 g/mol. The minimum Gasteiger partial charge on any atom is -0.399 e. The summed E-state index contributed by atoms with van der Waals surface area (Å²) in [5.74, 6) is 0.518. The molecule has 0 unspecified atom stereocenters. The number of hydrogen-bond donors (Lipinski definition) is 3. The number of aryl methyl sites for hydroxylation is 1. The quantitative estimate of drug-likeness (QED) is 0.409. The zero-order valence-corrected chi connectivity index (χ0v) is 11.9. The third-order valence-electron chi connectivity index (χ3n) is 2.55. The highest BCUT2D eigenvalue weighted by atomic mass is 32.9. The van der Waals surface area contributed by atoms with E-state index in [2.05, 4.69) is 6.07 Å². The van der Waals surface area contributed by atoms with E-state index in [9.17, 15) is 4.21 Å². The number of benzene rings is 1. The molecule has 0 spiro atoms. The van der Waals surface area contributed by atoms with Gasteiger partial charge in [-0.2, -0.15) is 4.21 Å². The molecule has 0 bridgehead atoms. The van der Waals surface area contributed by atoms with Crippen LogP contribution in [0, 0.1) is 0 Å². The second-order valence-electron chi connectivity index (χ2n) is 4.18. The van der Waals surface area contributed by atoms with Crippen LogP contribution in [0.1, 0.15) is 31.2 Å². The Hall–Kier alpha value is -0.690. The Labute approximate surface area is 112 Å². The van der Waals surface area contributed by atoms with Crippen LogP contribution < -0.4 is 5.73 Å². The number of anilines is 1. The van der Waals surface area contributed by atoms with Gasteiger partial charge in [-0.05, 0) is 37.0 Å². The zero-order valence-electron chi connectivity index (χ0n) is 10.2. The van der Waals surface area contributed by atoms with E-state index in [1.54, 1.807) is 0 Å². The Kier molecular flexibility index (Phi) is 6.56. The molecule has 0 aliphatic rings. The van der Waals surface area contributed by atoms with E-state index < -0.39 is 9.05 Å². The van der Waals surface area contributed by atoms with Gasteiger partial charge >= 0.3 is 9.05 Å². The van der Waals surface area contributed by atoms with Crippen molar-refractivity contribution >= 4 is 25.1 Å². The molecule has 1 aromatic carbocycles. The largest absolute Gasteiger partial charge is 0.430 e.